The Morgan fingerprint density at radius 3 is 2.32 bits per heavy atom. The zero-order valence-electron chi connectivity index (χ0n) is 25.0. The smallest absolute Gasteiger partial charge is 0.309 e. The minimum atomic E-state index is -0.703. The number of allylic oxidation sites excluding steroid dienone is 3. The van der Waals surface area contributed by atoms with Crippen molar-refractivity contribution in [1.82, 2.24) is 0 Å². The van der Waals surface area contributed by atoms with Crippen molar-refractivity contribution >= 4 is 11.8 Å². The van der Waals surface area contributed by atoms with E-state index in [1.54, 1.807) is 0 Å². The number of fused-ring (bicyclic) bond motifs is 1. The molecule has 37 heavy (non-hydrogen) atoms. The fraction of sp³-hybridized carbons (Fsp3) is 0.788. The minimum Gasteiger partial charge on any atom is -0.481 e. The first-order valence-electron chi connectivity index (χ1n) is 14.5. The van der Waals surface area contributed by atoms with Crippen LogP contribution in [0, 0.1) is 62.1 Å². The van der Waals surface area contributed by atoms with E-state index in [4.69, 9.17) is 0 Å². The van der Waals surface area contributed by atoms with Gasteiger partial charge in [-0.25, -0.2) is 0 Å². The van der Waals surface area contributed by atoms with Crippen LogP contribution < -0.4 is 0 Å². The number of nitriles is 1. The molecule has 206 valence electrons. The summed E-state index contributed by atoms with van der Waals surface area (Å²) < 4.78 is 0. The largest absolute Gasteiger partial charge is 0.481 e. The fourth-order valence-electron chi connectivity index (χ4n) is 9.42. The highest BCUT2D eigenvalue weighted by Crippen LogP contribution is 2.68. The molecule has 3 rings (SSSR count). The van der Waals surface area contributed by atoms with Gasteiger partial charge in [-0.3, -0.25) is 9.59 Å². The molecule has 0 saturated heterocycles. The number of carboxylic acid groups (broad SMARTS) is 1. The van der Waals surface area contributed by atoms with E-state index in [0.717, 1.165) is 50.5 Å². The van der Waals surface area contributed by atoms with Crippen molar-refractivity contribution in [3.05, 3.63) is 23.8 Å². The molecule has 0 radical (unpaired) electrons. The predicted molar refractivity (Wildman–Crippen MR) is 150 cm³/mol. The van der Waals surface area contributed by atoms with Crippen molar-refractivity contribution in [3.8, 4) is 6.07 Å². The molecule has 4 nitrogen and oxygen atoms in total. The molecule has 0 unspecified atom stereocenters. The van der Waals surface area contributed by atoms with Crippen molar-refractivity contribution in [2.24, 2.45) is 50.7 Å². The number of aliphatic carboxylic acids is 1. The molecule has 1 N–H and O–H groups in total. The number of carboxylic acids is 1. The molecule has 0 aliphatic heterocycles. The normalized spacial score (nSPS) is 39.5. The molecule has 2 saturated carbocycles. The molecule has 3 aliphatic carbocycles. The van der Waals surface area contributed by atoms with Gasteiger partial charge in [0.2, 0.25) is 0 Å². The second kappa shape index (κ2) is 9.69. The highest BCUT2D eigenvalue weighted by molar-refractivity contribution is 6.04. The van der Waals surface area contributed by atoms with Gasteiger partial charge in [0.1, 0.15) is 6.07 Å². The fourth-order valence-corrected chi connectivity index (χ4v) is 9.42. The zero-order chi connectivity index (χ0) is 28.2. The van der Waals surface area contributed by atoms with Crippen LogP contribution in [0.1, 0.15) is 114 Å². The van der Waals surface area contributed by atoms with Crippen LogP contribution in [0.15, 0.2) is 23.8 Å². The Hall–Kier alpha value is -1.89. The molecule has 0 aromatic carbocycles. The Morgan fingerprint density at radius 1 is 1.22 bits per heavy atom. The summed E-state index contributed by atoms with van der Waals surface area (Å²) in [6, 6.07) is 2.23. The SMILES string of the molecule is C=C(C)[C@@H]1CC[C@@](CCC(C)(C)[C@]2(C)CC[C@H]3C(C)(C)C(=O)C(C#N)=C[C@]3(C)[C@H]2CCC)(C(=O)O)[C@H]1C. The van der Waals surface area contributed by atoms with E-state index in [1.165, 1.54) is 0 Å². The third-order valence-corrected chi connectivity index (χ3v) is 12.3. The first-order chi connectivity index (χ1) is 17.0. The van der Waals surface area contributed by atoms with Crippen LogP contribution in [0.4, 0.5) is 0 Å². The Morgan fingerprint density at radius 2 is 1.84 bits per heavy atom. The average Bonchev–Trinajstić information content (AvgIpc) is 3.15. The van der Waals surface area contributed by atoms with E-state index in [9.17, 15) is 20.0 Å². The van der Waals surface area contributed by atoms with Gasteiger partial charge in [-0.15, -0.1) is 0 Å². The molecular weight excluding hydrogens is 458 g/mol. The highest BCUT2D eigenvalue weighted by atomic mass is 16.4. The summed E-state index contributed by atoms with van der Waals surface area (Å²) in [4.78, 5) is 26.0. The van der Waals surface area contributed by atoms with E-state index in [-0.39, 0.29) is 39.8 Å². The van der Waals surface area contributed by atoms with Crippen molar-refractivity contribution < 1.29 is 14.7 Å². The first-order valence-corrected chi connectivity index (χ1v) is 14.5. The van der Waals surface area contributed by atoms with Crippen LogP contribution in [-0.4, -0.2) is 16.9 Å². The number of hydrogen-bond donors (Lipinski definition) is 1. The number of rotatable bonds is 8. The van der Waals surface area contributed by atoms with E-state index in [0.29, 0.717) is 17.9 Å². The predicted octanol–water partition coefficient (Wildman–Crippen LogP) is 8.38. The topological polar surface area (TPSA) is 78.2 Å². The molecule has 4 heteroatoms. The summed E-state index contributed by atoms with van der Waals surface area (Å²) in [5.41, 5.74) is -0.234. The number of hydrogen-bond acceptors (Lipinski definition) is 3. The summed E-state index contributed by atoms with van der Waals surface area (Å²) in [7, 11) is 0. The van der Waals surface area contributed by atoms with E-state index >= 15 is 0 Å². The van der Waals surface area contributed by atoms with Gasteiger partial charge in [-0.2, -0.15) is 5.26 Å². The van der Waals surface area contributed by atoms with Crippen molar-refractivity contribution in [1.29, 1.82) is 5.26 Å². The van der Waals surface area contributed by atoms with Crippen molar-refractivity contribution in [2.75, 3.05) is 0 Å². The molecule has 3 aliphatic rings. The second-order valence-corrected chi connectivity index (χ2v) is 14.6. The zero-order valence-corrected chi connectivity index (χ0v) is 25.0. The van der Waals surface area contributed by atoms with Crippen molar-refractivity contribution in [2.45, 2.75) is 114 Å². The third-order valence-electron chi connectivity index (χ3n) is 12.3. The molecule has 0 bridgehead atoms. The lowest BCUT2D eigenvalue weighted by Gasteiger charge is -2.64. The Balaban J connectivity index is 2.01. The minimum absolute atomic E-state index is 0.0127. The van der Waals surface area contributed by atoms with Gasteiger partial charge in [0.05, 0.1) is 11.0 Å². The number of nitrogens with zero attached hydrogens (tertiary/aromatic N) is 1. The van der Waals surface area contributed by atoms with Crippen LogP contribution in [0.5, 0.6) is 0 Å². The number of carbonyl (C=O) groups is 2. The van der Waals surface area contributed by atoms with E-state index in [2.05, 4.69) is 54.2 Å². The first kappa shape index (κ1) is 29.7. The van der Waals surface area contributed by atoms with Gasteiger partial charge in [-0.1, -0.05) is 80.0 Å². The Bertz CT molecular complexity index is 1030. The molecule has 7 atom stereocenters. The Kier molecular flexibility index (Phi) is 7.77. The van der Waals surface area contributed by atoms with E-state index < -0.39 is 16.8 Å². The van der Waals surface area contributed by atoms with Gasteiger partial charge < -0.3 is 5.11 Å². The standard InChI is InChI=1S/C33H51NO3/c1-11-12-26-31(9)19-23(20-34)27(35)30(7,8)25(31)14-15-32(26,10)29(5,6)17-18-33(28(36)37)16-13-24(21(2)3)22(33)4/h19,22,24-26H,2,11-18H2,1,3-10H3,(H,36,37)/t22-,24-,25-,26+,31-,32+,33-/m0/s1. The van der Waals surface area contributed by atoms with Gasteiger partial charge >= 0.3 is 5.97 Å². The van der Waals surface area contributed by atoms with Gasteiger partial charge in [0.25, 0.3) is 0 Å². The number of Topliss-reactive ketones (excluding diaryl/α,β-unsaturated/α-hetero) is 1. The van der Waals surface area contributed by atoms with Crippen LogP contribution in [0.25, 0.3) is 0 Å². The molecule has 0 spiro atoms. The lowest BCUT2D eigenvalue weighted by molar-refractivity contribution is -0.158. The molecule has 0 aromatic heterocycles. The Labute approximate surface area is 226 Å². The van der Waals surface area contributed by atoms with Crippen LogP contribution in [0.3, 0.4) is 0 Å². The summed E-state index contributed by atoms with van der Waals surface area (Å²) in [5.74, 6) is 0.187. The number of ketones is 1. The molecule has 2 fully saturated rings. The molecular formula is C33H51NO3. The van der Waals surface area contributed by atoms with Gasteiger partial charge in [-0.05, 0) is 91.8 Å². The summed E-state index contributed by atoms with van der Waals surface area (Å²) in [5, 5.41) is 20.4. The lowest BCUT2D eigenvalue weighted by atomic mass is 9.39. The quantitative estimate of drug-likeness (QED) is 0.333. The molecule has 0 heterocycles. The lowest BCUT2D eigenvalue weighted by Crippen LogP contribution is -2.59. The van der Waals surface area contributed by atoms with Gasteiger partial charge in [0, 0.05) is 5.41 Å². The van der Waals surface area contributed by atoms with Crippen LogP contribution in [-0.2, 0) is 9.59 Å². The second-order valence-electron chi connectivity index (χ2n) is 14.6. The van der Waals surface area contributed by atoms with E-state index in [1.807, 2.05) is 26.8 Å². The monoisotopic (exact) mass is 509 g/mol. The highest BCUT2D eigenvalue weighted by Gasteiger charge is 2.63. The number of carbonyl (C=O) groups excluding carboxylic acids is 1. The molecule has 0 aromatic rings. The van der Waals surface area contributed by atoms with Crippen LogP contribution >= 0.6 is 0 Å². The summed E-state index contributed by atoms with van der Waals surface area (Å²) in [6.07, 6.45) is 9.22. The molecule has 0 amide bonds. The summed E-state index contributed by atoms with van der Waals surface area (Å²) >= 11 is 0. The average molecular weight is 510 g/mol. The maximum Gasteiger partial charge on any atom is 0.309 e. The maximum absolute atomic E-state index is 13.2. The van der Waals surface area contributed by atoms with Crippen molar-refractivity contribution in [3.63, 3.8) is 0 Å². The van der Waals surface area contributed by atoms with Crippen LogP contribution in [0.2, 0.25) is 0 Å². The third kappa shape index (κ3) is 4.33. The summed E-state index contributed by atoms with van der Waals surface area (Å²) in [6.45, 7) is 24.0. The maximum atomic E-state index is 13.2. The van der Waals surface area contributed by atoms with Gasteiger partial charge in [0.15, 0.2) is 5.78 Å².